The molecule has 6 N–H and O–H groups in total. The van der Waals surface area contributed by atoms with Gasteiger partial charge in [-0.2, -0.15) is 0 Å². The Balaban J connectivity index is 2.64. The number of aliphatic hydroxyl groups excluding tert-OH is 1. The molecule has 24 heavy (non-hydrogen) atoms. The lowest BCUT2D eigenvalue weighted by molar-refractivity contribution is -0.525. The minimum absolute atomic E-state index is 0.0481. The van der Waals surface area contributed by atoms with E-state index in [1.807, 2.05) is 0 Å². The van der Waals surface area contributed by atoms with Crippen molar-refractivity contribution in [2.45, 2.75) is 38.1 Å². The first-order chi connectivity index (χ1) is 11.3. The number of guanidine groups is 1. The zero-order chi connectivity index (χ0) is 18.1. The maximum absolute atomic E-state index is 12.6. The SMILES string of the molecule is N=C(N[C@@H](CCC(N)=O)C(=O)N1CCC(CCO)CC1)N[N+](=O)[O-]. The van der Waals surface area contributed by atoms with Gasteiger partial charge in [0.05, 0.1) is 0 Å². The van der Waals surface area contributed by atoms with Crippen molar-refractivity contribution in [3.8, 4) is 0 Å². The van der Waals surface area contributed by atoms with Crippen LogP contribution in [0.5, 0.6) is 0 Å². The summed E-state index contributed by atoms with van der Waals surface area (Å²) in [5.74, 6) is -1.18. The topological polar surface area (TPSA) is 175 Å². The van der Waals surface area contributed by atoms with Crippen molar-refractivity contribution in [3.63, 3.8) is 0 Å². The summed E-state index contributed by atoms with van der Waals surface area (Å²) in [7, 11) is 0. The number of primary amides is 1. The zero-order valence-corrected chi connectivity index (χ0v) is 13.4. The van der Waals surface area contributed by atoms with E-state index in [-0.39, 0.29) is 25.4 Å². The van der Waals surface area contributed by atoms with Gasteiger partial charge in [0.2, 0.25) is 11.8 Å². The second-order valence-electron chi connectivity index (χ2n) is 5.73. The molecule has 0 spiro atoms. The Hall–Kier alpha value is -2.43. The van der Waals surface area contributed by atoms with Crippen molar-refractivity contribution in [2.75, 3.05) is 19.7 Å². The van der Waals surface area contributed by atoms with Gasteiger partial charge in [-0.15, -0.1) is 0 Å². The van der Waals surface area contributed by atoms with Crippen LogP contribution in [0.1, 0.15) is 32.1 Å². The van der Waals surface area contributed by atoms with Crippen molar-refractivity contribution in [1.82, 2.24) is 15.6 Å². The van der Waals surface area contributed by atoms with Crippen molar-refractivity contribution in [2.24, 2.45) is 11.7 Å². The number of nitrogens with one attached hydrogen (secondary N) is 3. The Morgan fingerprint density at radius 1 is 1.42 bits per heavy atom. The smallest absolute Gasteiger partial charge is 0.252 e. The standard InChI is InChI=1S/C13H24N6O5/c14-11(21)2-1-10(16-13(15)17-19(23)24)12(22)18-6-3-9(4-7-18)5-8-20/h9-10,20H,1-8H2,(H2,14,21)(H3,15,16,17)/t10-/m0/s1. The van der Waals surface area contributed by atoms with Gasteiger partial charge in [0.25, 0.3) is 5.96 Å². The van der Waals surface area contributed by atoms with Crippen LogP contribution in [0, 0.1) is 21.4 Å². The number of nitro groups is 1. The van der Waals surface area contributed by atoms with Crippen molar-refractivity contribution < 1.29 is 19.7 Å². The number of nitrogens with zero attached hydrogens (tertiary/aromatic N) is 2. The van der Waals surface area contributed by atoms with E-state index < -0.39 is 22.9 Å². The molecule has 1 saturated heterocycles. The minimum Gasteiger partial charge on any atom is -0.396 e. The molecule has 0 aromatic heterocycles. The highest BCUT2D eigenvalue weighted by atomic mass is 16.7. The normalized spacial score (nSPS) is 16.3. The highest BCUT2D eigenvalue weighted by molar-refractivity contribution is 5.88. The fourth-order valence-corrected chi connectivity index (χ4v) is 2.69. The maximum atomic E-state index is 12.6. The van der Waals surface area contributed by atoms with E-state index in [0.29, 0.717) is 25.4 Å². The predicted octanol–water partition coefficient (Wildman–Crippen LogP) is -1.45. The quantitative estimate of drug-likeness (QED) is 0.155. The highest BCUT2D eigenvalue weighted by Crippen LogP contribution is 2.21. The van der Waals surface area contributed by atoms with Gasteiger partial charge in [-0.3, -0.25) is 15.0 Å². The van der Waals surface area contributed by atoms with Gasteiger partial charge in [0.15, 0.2) is 5.03 Å². The molecule has 0 radical (unpaired) electrons. The van der Waals surface area contributed by atoms with Crippen molar-refractivity contribution in [3.05, 3.63) is 10.1 Å². The molecule has 0 saturated carbocycles. The molecule has 2 amide bonds. The first-order valence-corrected chi connectivity index (χ1v) is 7.77. The molecule has 11 heteroatoms. The van der Waals surface area contributed by atoms with Crippen LogP contribution in [0.15, 0.2) is 0 Å². The van der Waals surface area contributed by atoms with Crippen LogP contribution in [0.3, 0.4) is 0 Å². The summed E-state index contributed by atoms with van der Waals surface area (Å²) in [5.41, 5.74) is 6.71. The second-order valence-corrected chi connectivity index (χ2v) is 5.73. The fourth-order valence-electron chi connectivity index (χ4n) is 2.69. The van der Waals surface area contributed by atoms with Gasteiger partial charge in [-0.25, -0.2) is 10.1 Å². The van der Waals surface area contributed by atoms with Crippen molar-refractivity contribution in [1.29, 1.82) is 5.41 Å². The molecule has 0 aromatic carbocycles. The molecule has 0 aliphatic carbocycles. The number of rotatable bonds is 8. The molecule has 0 bridgehead atoms. The van der Waals surface area contributed by atoms with Crippen LogP contribution in [-0.4, -0.2) is 58.6 Å². The summed E-state index contributed by atoms with van der Waals surface area (Å²) in [5, 5.41) is 28.3. The van der Waals surface area contributed by atoms with E-state index in [1.54, 1.807) is 10.3 Å². The maximum Gasteiger partial charge on any atom is 0.252 e. The number of likely N-dealkylation sites (tertiary alicyclic amines) is 1. The summed E-state index contributed by atoms with van der Waals surface area (Å²) in [4.78, 5) is 35.5. The monoisotopic (exact) mass is 344 g/mol. The highest BCUT2D eigenvalue weighted by Gasteiger charge is 2.29. The summed E-state index contributed by atoms with van der Waals surface area (Å²) in [6, 6.07) is -0.938. The largest absolute Gasteiger partial charge is 0.396 e. The number of piperidine rings is 1. The van der Waals surface area contributed by atoms with Crippen LogP contribution >= 0.6 is 0 Å². The van der Waals surface area contributed by atoms with E-state index in [9.17, 15) is 19.7 Å². The van der Waals surface area contributed by atoms with E-state index in [1.165, 1.54) is 0 Å². The number of hydrogen-bond acceptors (Lipinski definition) is 6. The number of carbonyl (C=O) groups excluding carboxylic acids is 2. The molecule has 136 valence electrons. The van der Waals surface area contributed by atoms with Gasteiger partial charge < -0.3 is 21.1 Å². The predicted molar refractivity (Wildman–Crippen MR) is 84.2 cm³/mol. The Kier molecular flexibility index (Phi) is 7.89. The second kappa shape index (κ2) is 9.65. The Morgan fingerprint density at radius 2 is 2.04 bits per heavy atom. The van der Waals surface area contributed by atoms with Crippen LogP contribution in [0.25, 0.3) is 0 Å². The Morgan fingerprint density at radius 3 is 2.54 bits per heavy atom. The number of hydrogen-bond donors (Lipinski definition) is 5. The third-order valence-corrected chi connectivity index (χ3v) is 3.96. The van der Waals surface area contributed by atoms with Gasteiger partial charge >= 0.3 is 0 Å². The lowest BCUT2D eigenvalue weighted by Crippen LogP contribution is -2.54. The molecule has 1 aliphatic rings. The molecule has 1 aliphatic heterocycles. The average molecular weight is 344 g/mol. The summed E-state index contributed by atoms with van der Waals surface area (Å²) < 4.78 is 0. The molecule has 1 fully saturated rings. The lowest BCUT2D eigenvalue weighted by atomic mass is 9.93. The third kappa shape index (κ3) is 6.77. The molecule has 0 aromatic rings. The van der Waals surface area contributed by atoms with E-state index in [2.05, 4.69) is 5.32 Å². The van der Waals surface area contributed by atoms with Gasteiger partial charge in [-0.05, 0) is 31.6 Å². The first kappa shape index (κ1) is 19.6. The molecule has 1 heterocycles. The van der Waals surface area contributed by atoms with Gasteiger partial charge in [0, 0.05) is 26.1 Å². The molecular formula is C13H24N6O5. The van der Waals surface area contributed by atoms with Crippen LogP contribution in [0.4, 0.5) is 0 Å². The number of nitrogens with two attached hydrogens (primary N) is 1. The van der Waals surface area contributed by atoms with Crippen molar-refractivity contribution >= 4 is 17.8 Å². The van der Waals surface area contributed by atoms with E-state index >= 15 is 0 Å². The van der Waals surface area contributed by atoms with Gasteiger partial charge in [-0.1, -0.05) is 5.43 Å². The summed E-state index contributed by atoms with van der Waals surface area (Å²) in [6.07, 6.45) is 2.20. The van der Waals surface area contributed by atoms with E-state index in [0.717, 1.165) is 12.8 Å². The van der Waals surface area contributed by atoms with E-state index in [4.69, 9.17) is 16.2 Å². The minimum atomic E-state index is -0.938. The molecule has 0 unspecified atom stereocenters. The lowest BCUT2D eigenvalue weighted by Gasteiger charge is -2.34. The molecule has 1 rings (SSSR count). The Labute approximate surface area is 139 Å². The average Bonchev–Trinajstić information content (AvgIpc) is 2.51. The number of carbonyl (C=O) groups is 2. The zero-order valence-electron chi connectivity index (χ0n) is 13.4. The summed E-state index contributed by atoms with van der Waals surface area (Å²) in [6.45, 7) is 1.13. The summed E-state index contributed by atoms with van der Waals surface area (Å²) >= 11 is 0. The van der Waals surface area contributed by atoms with Crippen LogP contribution in [0.2, 0.25) is 0 Å². The van der Waals surface area contributed by atoms with Crippen LogP contribution < -0.4 is 16.5 Å². The molecule has 11 nitrogen and oxygen atoms in total. The fraction of sp³-hybridized carbons (Fsp3) is 0.769. The Bertz CT molecular complexity index is 477. The van der Waals surface area contributed by atoms with Crippen LogP contribution in [-0.2, 0) is 9.59 Å². The molecular weight excluding hydrogens is 320 g/mol. The first-order valence-electron chi connectivity index (χ1n) is 7.77. The number of aliphatic hydroxyl groups is 1. The number of hydrazine groups is 1. The third-order valence-electron chi connectivity index (χ3n) is 3.96. The van der Waals surface area contributed by atoms with Gasteiger partial charge in [0.1, 0.15) is 6.04 Å². The number of amides is 2. The molecule has 1 atom stereocenters.